The van der Waals surface area contributed by atoms with Crippen molar-refractivity contribution in [1.29, 1.82) is 5.26 Å². The normalized spacial score (nSPS) is 9.74. The molecule has 2 rings (SSSR count). The SMILES string of the molecule is CCOc1ccc(Oc2ccc(F)cc2C#N)cc1. The number of ether oxygens (including phenoxy) is 2. The molecule has 0 saturated carbocycles. The monoisotopic (exact) mass is 257 g/mol. The molecule has 0 spiro atoms. The third-order valence-electron chi connectivity index (χ3n) is 2.42. The Hall–Kier alpha value is -2.54. The zero-order valence-corrected chi connectivity index (χ0v) is 10.4. The van der Waals surface area contributed by atoms with Crippen LogP contribution in [-0.4, -0.2) is 6.61 Å². The minimum Gasteiger partial charge on any atom is -0.494 e. The van der Waals surface area contributed by atoms with E-state index in [1.165, 1.54) is 12.1 Å². The highest BCUT2D eigenvalue weighted by atomic mass is 19.1. The first-order chi connectivity index (χ1) is 9.22. The minimum absolute atomic E-state index is 0.161. The van der Waals surface area contributed by atoms with Gasteiger partial charge < -0.3 is 9.47 Å². The summed E-state index contributed by atoms with van der Waals surface area (Å²) in [5, 5.41) is 8.92. The van der Waals surface area contributed by atoms with Gasteiger partial charge in [-0.3, -0.25) is 0 Å². The van der Waals surface area contributed by atoms with E-state index in [0.29, 0.717) is 18.1 Å². The number of nitriles is 1. The van der Waals surface area contributed by atoms with Crippen molar-refractivity contribution in [3.8, 4) is 23.3 Å². The smallest absolute Gasteiger partial charge is 0.145 e. The molecule has 0 aromatic heterocycles. The number of hydrogen-bond donors (Lipinski definition) is 0. The molecule has 0 aliphatic carbocycles. The topological polar surface area (TPSA) is 42.2 Å². The summed E-state index contributed by atoms with van der Waals surface area (Å²) in [6.07, 6.45) is 0. The second kappa shape index (κ2) is 5.87. The van der Waals surface area contributed by atoms with Gasteiger partial charge in [0.1, 0.15) is 29.1 Å². The molecule has 4 heteroatoms. The first-order valence-corrected chi connectivity index (χ1v) is 5.83. The van der Waals surface area contributed by atoms with E-state index in [2.05, 4.69) is 0 Å². The van der Waals surface area contributed by atoms with Crippen molar-refractivity contribution >= 4 is 0 Å². The third-order valence-corrected chi connectivity index (χ3v) is 2.42. The minimum atomic E-state index is -0.462. The molecule has 0 amide bonds. The molecular formula is C15H12FNO2. The van der Waals surface area contributed by atoms with E-state index in [0.717, 1.165) is 11.8 Å². The van der Waals surface area contributed by atoms with Crippen molar-refractivity contribution in [3.63, 3.8) is 0 Å². The number of nitrogens with zero attached hydrogens (tertiary/aromatic N) is 1. The van der Waals surface area contributed by atoms with Crippen LogP contribution < -0.4 is 9.47 Å². The van der Waals surface area contributed by atoms with E-state index < -0.39 is 5.82 Å². The maximum absolute atomic E-state index is 13.0. The van der Waals surface area contributed by atoms with Crippen LogP contribution in [0.3, 0.4) is 0 Å². The molecule has 96 valence electrons. The van der Waals surface area contributed by atoms with E-state index in [9.17, 15) is 4.39 Å². The van der Waals surface area contributed by atoms with Crippen LogP contribution in [0.2, 0.25) is 0 Å². The second-order valence-corrected chi connectivity index (χ2v) is 3.76. The van der Waals surface area contributed by atoms with Crippen molar-refractivity contribution in [1.82, 2.24) is 0 Å². The first-order valence-electron chi connectivity index (χ1n) is 5.83. The fourth-order valence-corrected chi connectivity index (χ4v) is 1.58. The summed E-state index contributed by atoms with van der Waals surface area (Å²) < 4.78 is 23.8. The molecule has 0 N–H and O–H groups in total. The Kier molecular flexibility index (Phi) is 3.99. The largest absolute Gasteiger partial charge is 0.494 e. The average molecular weight is 257 g/mol. The summed E-state index contributed by atoms with van der Waals surface area (Å²) in [7, 11) is 0. The van der Waals surface area contributed by atoms with Gasteiger partial charge in [-0.2, -0.15) is 5.26 Å². The Morgan fingerprint density at radius 2 is 1.79 bits per heavy atom. The average Bonchev–Trinajstić information content (AvgIpc) is 2.43. The van der Waals surface area contributed by atoms with Gasteiger partial charge >= 0.3 is 0 Å². The molecular weight excluding hydrogens is 245 g/mol. The van der Waals surface area contributed by atoms with Gasteiger partial charge in [0.05, 0.1) is 12.2 Å². The summed E-state index contributed by atoms with van der Waals surface area (Å²) in [5.41, 5.74) is 0.161. The summed E-state index contributed by atoms with van der Waals surface area (Å²) in [4.78, 5) is 0. The highest BCUT2D eigenvalue weighted by Gasteiger charge is 2.06. The van der Waals surface area contributed by atoms with Gasteiger partial charge in [-0.1, -0.05) is 0 Å². The molecule has 0 atom stereocenters. The van der Waals surface area contributed by atoms with Crippen molar-refractivity contribution in [2.75, 3.05) is 6.61 Å². The molecule has 0 aliphatic rings. The van der Waals surface area contributed by atoms with Crippen LogP contribution in [0, 0.1) is 17.1 Å². The van der Waals surface area contributed by atoms with E-state index in [1.54, 1.807) is 24.3 Å². The number of rotatable bonds is 4. The van der Waals surface area contributed by atoms with Crippen molar-refractivity contribution in [2.24, 2.45) is 0 Å². The second-order valence-electron chi connectivity index (χ2n) is 3.76. The maximum Gasteiger partial charge on any atom is 0.145 e. The molecule has 2 aromatic carbocycles. The Balaban J connectivity index is 2.19. The van der Waals surface area contributed by atoms with Crippen LogP contribution in [-0.2, 0) is 0 Å². The number of halogens is 1. The lowest BCUT2D eigenvalue weighted by atomic mass is 10.2. The molecule has 2 aromatic rings. The molecule has 19 heavy (non-hydrogen) atoms. The summed E-state index contributed by atoms with van der Waals surface area (Å²) in [5.74, 6) is 1.17. The van der Waals surface area contributed by atoms with Crippen molar-refractivity contribution < 1.29 is 13.9 Å². The van der Waals surface area contributed by atoms with Crippen LogP contribution in [0.25, 0.3) is 0 Å². The number of benzene rings is 2. The van der Waals surface area contributed by atoms with Gasteiger partial charge in [0.15, 0.2) is 0 Å². The standard InChI is InChI=1S/C15H12FNO2/c1-2-18-13-4-6-14(7-5-13)19-15-8-3-12(16)9-11(15)10-17/h3-9H,2H2,1H3. The molecule has 3 nitrogen and oxygen atoms in total. The molecule has 0 heterocycles. The van der Waals surface area contributed by atoms with Crippen molar-refractivity contribution in [3.05, 3.63) is 53.8 Å². The van der Waals surface area contributed by atoms with Gasteiger partial charge in [0.25, 0.3) is 0 Å². The number of hydrogen-bond acceptors (Lipinski definition) is 3. The maximum atomic E-state index is 13.0. The Labute approximate surface area is 110 Å². The highest BCUT2D eigenvalue weighted by Crippen LogP contribution is 2.27. The lowest BCUT2D eigenvalue weighted by Gasteiger charge is -2.08. The highest BCUT2D eigenvalue weighted by molar-refractivity contribution is 5.45. The van der Waals surface area contributed by atoms with E-state index >= 15 is 0 Å². The lowest BCUT2D eigenvalue weighted by molar-refractivity contribution is 0.339. The molecule has 0 fully saturated rings. The first kappa shape index (κ1) is 12.9. The fraction of sp³-hybridized carbons (Fsp3) is 0.133. The van der Waals surface area contributed by atoms with Gasteiger partial charge in [-0.15, -0.1) is 0 Å². The fourth-order valence-electron chi connectivity index (χ4n) is 1.58. The van der Waals surface area contributed by atoms with Gasteiger partial charge in [0, 0.05) is 0 Å². The van der Waals surface area contributed by atoms with Gasteiger partial charge in [-0.25, -0.2) is 4.39 Å². The molecule has 0 aliphatic heterocycles. The third kappa shape index (κ3) is 3.23. The Morgan fingerprint density at radius 3 is 2.42 bits per heavy atom. The van der Waals surface area contributed by atoms with Crippen LogP contribution >= 0.6 is 0 Å². The summed E-state index contributed by atoms with van der Waals surface area (Å²) in [6, 6.07) is 12.7. The molecule has 0 unspecified atom stereocenters. The van der Waals surface area contributed by atoms with Crippen LogP contribution in [0.4, 0.5) is 4.39 Å². The van der Waals surface area contributed by atoms with E-state index in [1.807, 2.05) is 13.0 Å². The molecule has 0 bridgehead atoms. The van der Waals surface area contributed by atoms with Gasteiger partial charge in [-0.05, 0) is 49.4 Å². The van der Waals surface area contributed by atoms with Gasteiger partial charge in [0.2, 0.25) is 0 Å². The van der Waals surface area contributed by atoms with E-state index in [4.69, 9.17) is 14.7 Å². The quantitative estimate of drug-likeness (QED) is 0.834. The lowest BCUT2D eigenvalue weighted by Crippen LogP contribution is -1.92. The van der Waals surface area contributed by atoms with Crippen LogP contribution in [0.15, 0.2) is 42.5 Å². The summed E-state index contributed by atoms with van der Waals surface area (Å²) in [6.45, 7) is 2.50. The van der Waals surface area contributed by atoms with Crippen LogP contribution in [0.5, 0.6) is 17.2 Å². The predicted molar refractivity (Wildman–Crippen MR) is 68.8 cm³/mol. The van der Waals surface area contributed by atoms with E-state index in [-0.39, 0.29) is 5.56 Å². The zero-order valence-electron chi connectivity index (χ0n) is 10.4. The Bertz CT molecular complexity index is 603. The Morgan fingerprint density at radius 1 is 1.11 bits per heavy atom. The predicted octanol–water partition coefficient (Wildman–Crippen LogP) is 3.89. The van der Waals surface area contributed by atoms with Crippen LogP contribution in [0.1, 0.15) is 12.5 Å². The molecule has 0 radical (unpaired) electrons. The van der Waals surface area contributed by atoms with Crippen molar-refractivity contribution in [2.45, 2.75) is 6.92 Å². The summed E-state index contributed by atoms with van der Waals surface area (Å²) >= 11 is 0. The molecule has 0 saturated heterocycles. The zero-order chi connectivity index (χ0) is 13.7.